The number of para-hydroxylation sites is 1. The molecule has 1 atom stereocenters. The maximum absolute atomic E-state index is 13.0. The van der Waals surface area contributed by atoms with Gasteiger partial charge in [-0.1, -0.05) is 49.4 Å². The van der Waals surface area contributed by atoms with Gasteiger partial charge in [-0.3, -0.25) is 14.2 Å². The number of anilines is 1. The quantitative estimate of drug-likeness (QED) is 0.495. The van der Waals surface area contributed by atoms with Crippen LogP contribution in [0.5, 0.6) is 0 Å². The summed E-state index contributed by atoms with van der Waals surface area (Å²) in [5, 5.41) is 3.59. The first kappa shape index (κ1) is 20.5. The predicted octanol–water partition coefficient (Wildman–Crippen LogP) is 5.13. The molecule has 0 bridgehead atoms. The van der Waals surface area contributed by atoms with Gasteiger partial charge in [-0.25, -0.2) is 4.98 Å². The van der Waals surface area contributed by atoms with Crippen molar-refractivity contribution in [1.29, 1.82) is 0 Å². The molecule has 0 aliphatic heterocycles. The molecule has 0 saturated carbocycles. The average Bonchev–Trinajstić information content (AvgIpc) is 2.76. The van der Waals surface area contributed by atoms with E-state index in [1.54, 1.807) is 10.6 Å². The number of aromatic nitrogens is 2. The van der Waals surface area contributed by atoms with Gasteiger partial charge < -0.3 is 5.32 Å². The zero-order chi connectivity index (χ0) is 22.0. The molecule has 0 fully saturated rings. The molecule has 4 aromatic rings. The Morgan fingerprint density at radius 2 is 1.71 bits per heavy atom. The van der Waals surface area contributed by atoms with Crippen molar-refractivity contribution in [3.8, 4) is 5.69 Å². The number of hydrogen-bond acceptors (Lipinski definition) is 3. The standard InChI is InChI=1S/C26H25N3O2/c1-17(20-9-5-4-6-10-20)16-25(30)28-23-14-13-21(15-18(23)2)29-19(3)27-24-12-8-7-11-22(24)26(29)31/h4-15,17H,16H2,1-3H3,(H,28,30). The van der Waals surface area contributed by atoms with E-state index in [0.29, 0.717) is 23.1 Å². The molecule has 1 heterocycles. The minimum Gasteiger partial charge on any atom is -0.326 e. The van der Waals surface area contributed by atoms with Crippen molar-refractivity contribution in [2.45, 2.75) is 33.1 Å². The van der Waals surface area contributed by atoms with Crippen molar-refractivity contribution in [2.75, 3.05) is 5.32 Å². The largest absolute Gasteiger partial charge is 0.326 e. The van der Waals surface area contributed by atoms with Crippen molar-refractivity contribution >= 4 is 22.5 Å². The van der Waals surface area contributed by atoms with Gasteiger partial charge in [0.2, 0.25) is 5.91 Å². The molecule has 5 nitrogen and oxygen atoms in total. The Morgan fingerprint density at radius 1 is 1.00 bits per heavy atom. The molecular weight excluding hydrogens is 386 g/mol. The van der Waals surface area contributed by atoms with Crippen LogP contribution in [-0.4, -0.2) is 15.5 Å². The monoisotopic (exact) mass is 411 g/mol. The van der Waals surface area contributed by atoms with Crippen LogP contribution in [0.2, 0.25) is 0 Å². The van der Waals surface area contributed by atoms with Crippen molar-refractivity contribution in [2.24, 2.45) is 0 Å². The third-order valence-corrected chi connectivity index (χ3v) is 5.55. The summed E-state index contributed by atoms with van der Waals surface area (Å²) < 4.78 is 1.61. The summed E-state index contributed by atoms with van der Waals surface area (Å²) in [6.45, 7) is 5.80. The molecular formula is C26H25N3O2. The van der Waals surface area contributed by atoms with Crippen molar-refractivity contribution in [3.05, 3.63) is 100 Å². The number of amides is 1. The highest BCUT2D eigenvalue weighted by Gasteiger charge is 2.14. The molecule has 1 unspecified atom stereocenters. The van der Waals surface area contributed by atoms with E-state index in [-0.39, 0.29) is 17.4 Å². The molecule has 31 heavy (non-hydrogen) atoms. The fraction of sp³-hybridized carbons (Fsp3) is 0.192. The van der Waals surface area contributed by atoms with Crippen LogP contribution in [0.1, 0.15) is 36.2 Å². The van der Waals surface area contributed by atoms with Crippen LogP contribution in [0.25, 0.3) is 16.6 Å². The lowest BCUT2D eigenvalue weighted by Crippen LogP contribution is -2.22. The Bertz CT molecular complexity index is 1310. The topological polar surface area (TPSA) is 64.0 Å². The first-order chi connectivity index (χ1) is 14.9. The van der Waals surface area contributed by atoms with Gasteiger partial charge in [0, 0.05) is 12.1 Å². The molecule has 156 valence electrons. The van der Waals surface area contributed by atoms with Gasteiger partial charge in [-0.2, -0.15) is 0 Å². The lowest BCUT2D eigenvalue weighted by molar-refractivity contribution is -0.116. The Kier molecular flexibility index (Phi) is 5.67. The second-order valence-electron chi connectivity index (χ2n) is 7.88. The minimum absolute atomic E-state index is 0.0343. The van der Waals surface area contributed by atoms with E-state index in [1.807, 2.05) is 87.5 Å². The first-order valence-corrected chi connectivity index (χ1v) is 10.4. The van der Waals surface area contributed by atoms with Gasteiger partial charge in [0.25, 0.3) is 5.56 Å². The Hall–Kier alpha value is -3.73. The lowest BCUT2D eigenvalue weighted by Gasteiger charge is -2.15. The molecule has 3 aromatic carbocycles. The van der Waals surface area contributed by atoms with Crippen LogP contribution in [0.15, 0.2) is 77.6 Å². The van der Waals surface area contributed by atoms with Gasteiger partial charge in [-0.05, 0) is 61.2 Å². The van der Waals surface area contributed by atoms with Gasteiger partial charge in [0.05, 0.1) is 16.6 Å². The van der Waals surface area contributed by atoms with Crippen LogP contribution in [0.4, 0.5) is 5.69 Å². The molecule has 4 rings (SSSR count). The third-order valence-electron chi connectivity index (χ3n) is 5.55. The molecule has 0 saturated heterocycles. The van der Waals surface area contributed by atoms with Crippen LogP contribution in [0, 0.1) is 13.8 Å². The Morgan fingerprint density at radius 3 is 2.45 bits per heavy atom. The number of hydrogen-bond donors (Lipinski definition) is 1. The second kappa shape index (κ2) is 8.56. The van der Waals surface area contributed by atoms with Crippen LogP contribution in [0.3, 0.4) is 0 Å². The van der Waals surface area contributed by atoms with E-state index in [4.69, 9.17) is 0 Å². The Balaban J connectivity index is 1.57. The van der Waals surface area contributed by atoms with Gasteiger partial charge in [-0.15, -0.1) is 0 Å². The van der Waals surface area contributed by atoms with Crippen LogP contribution < -0.4 is 10.9 Å². The van der Waals surface area contributed by atoms with E-state index in [1.165, 1.54) is 0 Å². The molecule has 0 aliphatic carbocycles. The molecule has 1 N–H and O–H groups in total. The highest BCUT2D eigenvalue weighted by Crippen LogP contribution is 2.23. The minimum atomic E-state index is -0.101. The average molecular weight is 412 g/mol. The summed E-state index contributed by atoms with van der Waals surface area (Å²) in [4.78, 5) is 30.2. The number of nitrogens with zero attached hydrogens (tertiary/aromatic N) is 2. The number of rotatable bonds is 5. The van der Waals surface area contributed by atoms with Crippen molar-refractivity contribution in [3.63, 3.8) is 0 Å². The molecule has 0 spiro atoms. The van der Waals surface area contributed by atoms with E-state index < -0.39 is 0 Å². The number of fused-ring (bicyclic) bond motifs is 1. The molecule has 0 radical (unpaired) electrons. The normalized spacial score (nSPS) is 12.0. The number of carbonyl (C=O) groups excluding carboxylic acids is 1. The second-order valence-corrected chi connectivity index (χ2v) is 7.88. The molecule has 1 aromatic heterocycles. The summed E-state index contributed by atoms with van der Waals surface area (Å²) in [5.74, 6) is 0.718. The first-order valence-electron chi connectivity index (χ1n) is 10.4. The summed E-state index contributed by atoms with van der Waals surface area (Å²) in [7, 11) is 0. The number of benzene rings is 3. The highest BCUT2D eigenvalue weighted by atomic mass is 16.1. The third kappa shape index (κ3) is 4.26. The van der Waals surface area contributed by atoms with Gasteiger partial charge >= 0.3 is 0 Å². The molecule has 0 aliphatic rings. The number of carbonyl (C=O) groups is 1. The zero-order valence-corrected chi connectivity index (χ0v) is 17.9. The summed E-state index contributed by atoms with van der Waals surface area (Å²) in [6, 6.07) is 22.9. The SMILES string of the molecule is Cc1cc(-n2c(C)nc3ccccc3c2=O)ccc1NC(=O)CC(C)c1ccccc1. The molecule has 5 heteroatoms. The fourth-order valence-electron chi connectivity index (χ4n) is 3.85. The van der Waals surface area contributed by atoms with E-state index in [9.17, 15) is 9.59 Å². The molecule has 1 amide bonds. The predicted molar refractivity (Wildman–Crippen MR) is 125 cm³/mol. The van der Waals surface area contributed by atoms with Crippen molar-refractivity contribution < 1.29 is 4.79 Å². The number of nitrogens with one attached hydrogen (secondary N) is 1. The summed E-state index contributed by atoms with van der Waals surface area (Å²) in [5.41, 5.74) is 4.09. The zero-order valence-electron chi connectivity index (χ0n) is 17.9. The van der Waals surface area contributed by atoms with Crippen molar-refractivity contribution in [1.82, 2.24) is 9.55 Å². The van der Waals surface area contributed by atoms with Gasteiger partial charge in [0.15, 0.2) is 0 Å². The van der Waals surface area contributed by atoms with Gasteiger partial charge in [0.1, 0.15) is 5.82 Å². The smallest absolute Gasteiger partial charge is 0.265 e. The van der Waals surface area contributed by atoms with E-state index in [0.717, 1.165) is 22.5 Å². The maximum atomic E-state index is 13.0. The van der Waals surface area contributed by atoms with Crippen LogP contribution in [-0.2, 0) is 4.79 Å². The highest BCUT2D eigenvalue weighted by molar-refractivity contribution is 5.92. The van der Waals surface area contributed by atoms with E-state index in [2.05, 4.69) is 10.3 Å². The van der Waals surface area contributed by atoms with E-state index >= 15 is 0 Å². The maximum Gasteiger partial charge on any atom is 0.265 e. The lowest BCUT2D eigenvalue weighted by atomic mass is 9.97. The fourth-order valence-corrected chi connectivity index (χ4v) is 3.85. The van der Waals surface area contributed by atoms with Crippen LogP contribution >= 0.6 is 0 Å². The summed E-state index contributed by atoms with van der Waals surface area (Å²) >= 11 is 0. The Labute approximate surface area is 181 Å². The number of aryl methyl sites for hydroxylation is 2. The summed E-state index contributed by atoms with van der Waals surface area (Å²) in [6.07, 6.45) is 0.401.